The van der Waals surface area contributed by atoms with Gasteiger partial charge in [0.25, 0.3) is 0 Å². The number of halogens is 2. The van der Waals surface area contributed by atoms with Crippen LogP contribution in [-0.4, -0.2) is 19.0 Å². The number of nitrogens with zero attached hydrogens (tertiary/aromatic N) is 1. The minimum absolute atomic E-state index is 0.0419. The standard InChI is InChI=1S/C30H29F2NO3/c1-36-28(34)18-15-21-7-5-10-25(19-21)33(30(35)24-8-3-2-4-9-24)20-22-13-16-23(17-14-22)29-26(31)11-6-12-27(29)32/h5-7,10-19,24H,2-4,8-9,20H2,1H3/b18-15+. The van der Waals surface area contributed by atoms with Crippen LogP contribution in [0, 0.1) is 17.6 Å². The number of hydrogen-bond acceptors (Lipinski definition) is 3. The highest BCUT2D eigenvalue weighted by atomic mass is 19.1. The molecule has 0 radical (unpaired) electrons. The highest BCUT2D eigenvalue weighted by Crippen LogP contribution is 2.30. The largest absolute Gasteiger partial charge is 0.466 e. The molecule has 1 aliphatic carbocycles. The van der Waals surface area contributed by atoms with Crippen LogP contribution in [0.25, 0.3) is 17.2 Å². The first-order valence-electron chi connectivity index (χ1n) is 12.2. The summed E-state index contributed by atoms with van der Waals surface area (Å²) in [4.78, 5) is 26.9. The van der Waals surface area contributed by atoms with Crippen molar-refractivity contribution < 1.29 is 23.1 Å². The molecule has 1 saturated carbocycles. The van der Waals surface area contributed by atoms with E-state index < -0.39 is 17.6 Å². The molecule has 0 heterocycles. The van der Waals surface area contributed by atoms with E-state index in [1.165, 1.54) is 31.4 Å². The maximum absolute atomic E-state index is 14.2. The van der Waals surface area contributed by atoms with E-state index >= 15 is 0 Å². The van der Waals surface area contributed by atoms with E-state index in [0.717, 1.165) is 48.9 Å². The molecule has 1 amide bonds. The third-order valence-electron chi connectivity index (χ3n) is 6.56. The van der Waals surface area contributed by atoms with Crippen molar-refractivity contribution in [3.63, 3.8) is 0 Å². The molecule has 0 saturated heterocycles. The third-order valence-corrected chi connectivity index (χ3v) is 6.56. The summed E-state index contributed by atoms with van der Waals surface area (Å²) in [6.07, 6.45) is 7.94. The van der Waals surface area contributed by atoms with Gasteiger partial charge in [0.2, 0.25) is 5.91 Å². The molecule has 1 fully saturated rings. The lowest BCUT2D eigenvalue weighted by Gasteiger charge is -2.30. The molecule has 4 rings (SSSR count). The molecule has 0 bridgehead atoms. The van der Waals surface area contributed by atoms with Crippen molar-refractivity contribution in [3.8, 4) is 11.1 Å². The molecule has 0 aromatic heterocycles. The van der Waals surface area contributed by atoms with Crippen LogP contribution < -0.4 is 4.90 Å². The fourth-order valence-corrected chi connectivity index (χ4v) is 4.63. The highest BCUT2D eigenvalue weighted by molar-refractivity contribution is 5.95. The lowest BCUT2D eigenvalue weighted by atomic mass is 9.88. The second kappa shape index (κ2) is 11.8. The molecular weight excluding hydrogens is 460 g/mol. The van der Waals surface area contributed by atoms with Crippen LogP contribution >= 0.6 is 0 Å². The quantitative estimate of drug-likeness (QED) is 0.267. The number of carbonyl (C=O) groups excluding carboxylic acids is 2. The number of carbonyl (C=O) groups is 2. The van der Waals surface area contributed by atoms with Crippen molar-refractivity contribution in [1.29, 1.82) is 0 Å². The van der Waals surface area contributed by atoms with E-state index in [9.17, 15) is 18.4 Å². The van der Waals surface area contributed by atoms with Gasteiger partial charge in [0.05, 0.1) is 19.2 Å². The van der Waals surface area contributed by atoms with Gasteiger partial charge in [-0.05, 0) is 59.9 Å². The van der Waals surface area contributed by atoms with E-state index in [4.69, 9.17) is 0 Å². The Hall–Kier alpha value is -3.80. The summed E-state index contributed by atoms with van der Waals surface area (Å²) in [5, 5.41) is 0. The lowest BCUT2D eigenvalue weighted by molar-refractivity contribution is -0.134. The number of ether oxygens (including phenoxy) is 1. The smallest absolute Gasteiger partial charge is 0.330 e. The fourth-order valence-electron chi connectivity index (χ4n) is 4.63. The van der Waals surface area contributed by atoms with Crippen molar-refractivity contribution in [1.82, 2.24) is 0 Å². The normalized spacial score (nSPS) is 14.1. The molecule has 4 nitrogen and oxygen atoms in total. The van der Waals surface area contributed by atoms with Crippen LogP contribution in [-0.2, 0) is 20.9 Å². The van der Waals surface area contributed by atoms with Crippen molar-refractivity contribution in [2.75, 3.05) is 12.0 Å². The predicted molar refractivity (Wildman–Crippen MR) is 137 cm³/mol. The summed E-state index contributed by atoms with van der Waals surface area (Å²) in [7, 11) is 1.32. The molecule has 186 valence electrons. The Bertz CT molecular complexity index is 1230. The van der Waals surface area contributed by atoms with Gasteiger partial charge >= 0.3 is 5.97 Å². The van der Waals surface area contributed by atoms with E-state index in [0.29, 0.717) is 12.1 Å². The first kappa shape index (κ1) is 25.3. The average molecular weight is 490 g/mol. The minimum atomic E-state index is -0.617. The average Bonchev–Trinajstić information content (AvgIpc) is 2.91. The molecule has 0 spiro atoms. The maximum Gasteiger partial charge on any atom is 0.330 e. The molecule has 3 aromatic rings. The molecular formula is C30H29F2NO3. The molecule has 0 aliphatic heterocycles. The number of methoxy groups -OCH3 is 1. The molecule has 0 atom stereocenters. The Labute approximate surface area is 210 Å². The predicted octanol–water partition coefficient (Wildman–Crippen LogP) is 6.93. The van der Waals surface area contributed by atoms with Gasteiger partial charge in [-0.1, -0.05) is 61.7 Å². The minimum Gasteiger partial charge on any atom is -0.466 e. The monoisotopic (exact) mass is 489 g/mol. The summed E-state index contributed by atoms with van der Waals surface area (Å²) in [5.74, 6) is -1.67. The summed E-state index contributed by atoms with van der Waals surface area (Å²) < 4.78 is 33.1. The number of rotatable bonds is 7. The maximum atomic E-state index is 14.2. The zero-order chi connectivity index (χ0) is 25.5. The SMILES string of the molecule is COC(=O)/C=C/c1cccc(N(Cc2ccc(-c3c(F)cccc3F)cc2)C(=O)C2CCCCC2)c1. The van der Waals surface area contributed by atoms with Crippen molar-refractivity contribution >= 4 is 23.6 Å². The van der Waals surface area contributed by atoms with E-state index in [1.807, 2.05) is 24.3 Å². The third kappa shape index (κ3) is 6.06. The van der Waals surface area contributed by atoms with Crippen molar-refractivity contribution in [2.24, 2.45) is 5.92 Å². The second-order valence-corrected chi connectivity index (χ2v) is 9.00. The summed E-state index contributed by atoms with van der Waals surface area (Å²) in [5.41, 5.74) is 2.71. The molecule has 1 aliphatic rings. The van der Waals surface area contributed by atoms with Gasteiger partial charge in [-0.2, -0.15) is 0 Å². The van der Waals surface area contributed by atoms with E-state index in [2.05, 4.69) is 4.74 Å². The summed E-state index contributed by atoms with van der Waals surface area (Å²) >= 11 is 0. The summed E-state index contributed by atoms with van der Waals surface area (Å²) in [6.45, 7) is 0.319. The van der Waals surface area contributed by atoms with Crippen LogP contribution in [0.5, 0.6) is 0 Å². The zero-order valence-electron chi connectivity index (χ0n) is 20.3. The van der Waals surface area contributed by atoms with E-state index in [-0.39, 0.29) is 17.4 Å². The number of anilines is 1. The van der Waals surface area contributed by atoms with Crippen LogP contribution in [0.3, 0.4) is 0 Å². The van der Waals surface area contributed by atoms with Gasteiger partial charge in [-0.3, -0.25) is 4.79 Å². The first-order chi connectivity index (χ1) is 17.5. The summed E-state index contributed by atoms with van der Waals surface area (Å²) in [6, 6.07) is 18.2. The molecule has 36 heavy (non-hydrogen) atoms. The van der Waals surface area contributed by atoms with Crippen LogP contribution in [0.15, 0.2) is 72.8 Å². The second-order valence-electron chi connectivity index (χ2n) is 9.00. The number of esters is 1. The zero-order valence-corrected chi connectivity index (χ0v) is 20.3. The topological polar surface area (TPSA) is 46.6 Å². The van der Waals surface area contributed by atoms with Crippen LogP contribution in [0.4, 0.5) is 14.5 Å². The van der Waals surface area contributed by atoms with Gasteiger partial charge in [0, 0.05) is 17.7 Å². The first-order valence-corrected chi connectivity index (χ1v) is 12.2. The van der Waals surface area contributed by atoms with Gasteiger partial charge in [-0.25, -0.2) is 13.6 Å². The highest BCUT2D eigenvalue weighted by Gasteiger charge is 2.27. The fraction of sp³-hybridized carbons (Fsp3) is 0.267. The number of amides is 1. The van der Waals surface area contributed by atoms with E-state index in [1.54, 1.807) is 35.2 Å². The lowest BCUT2D eigenvalue weighted by Crippen LogP contribution is -2.36. The Morgan fingerprint density at radius 1 is 0.944 bits per heavy atom. The Balaban J connectivity index is 1.63. The molecule has 6 heteroatoms. The van der Waals surface area contributed by atoms with Crippen molar-refractivity contribution in [3.05, 3.63) is 95.6 Å². The Morgan fingerprint density at radius 2 is 1.61 bits per heavy atom. The molecule has 3 aromatic carbocycles. The Kier molecular flexibility index (Phi) is 8.26. The Morgan fingerprint density at radius 3 is 2.28 bits per heavy atom. The van der Waals surface area contributed by atoms with Gasteiger partial charge in [-0.15, -0.1) is 0 Å². The van der Waals surface area contributed by atoms with Crippen molar-refractivity contribution in [2.45, 2.75) is 38.6 Å². The van der Waals surface area contributed by atoms with Gasteiger partial charge in [0.1, 0.15) is 11.6 Å². The van der Waals surface area contributed by atoms with Crippen LogP contribution in [0.1, 0.15) is 43.2 Å². The molecule has 0 N–H and O–H groups in total. The molecule has 0 unspecified atom stereocenters. The number of hydrogen-bond donors (Lipinski definition) is 0. The van der Waals surface area contributed by atoms with Gasteiger partial charge in [0.15, 0.2) is 0 Å². The van der Waals surface area contributed by atoms with Crippen LogP contribution in [0.2, 0.25) is 0 Å². The number of benzene rings is 3. The van der Waals surface area contributed by atoms with Gasteiger partial charge < -0.3 is 9.64 Å².